The molecular formula is C23H27N5O3. The fourth-order valence-corrected chi connectivity index (χ4v) is 4.73. The first-order valence-corrected chi connectivity index (χ1v) is 10.9. The Labute approximate surface area is 181 Å². The van der Waals surface area contributed by atoms with E-state index in [1.165, 1.54) is 0 Å². The van der Waals surface area contributed by atoms with Gasteiger partial charge in [0.15, 0.2) is 0 Å². The average Bonchev–Trinajstić information content (AvgIpc) is 3.49. The van der Waals surface area contributed by atoms with Gasteiger partial charge in [0.05, 0.1) is 31.5 Å². The van der Waals surface area contributed by atoms with Gasteiger partial charge in [0.1, 0.15) is 23.8 Å². The number of amides is 1. The smallest absolute Gasteiger partial charge is 0.225 e. The highest BCUT2D eigenvalue weighted by Crippen LogP contribution is 2.37. The summed E-state index contributed by atoms with van der Waals surface area (Å²) in [6.45, 7) is 3.48. The molecule has 162 valence electrons. The molecule has 31 heavy (non-hydrogen) atoms. The zero-order valence-corrected chi connectivity index (χ0v) is 17.4. The lowest BCUT2D eigenvalue weighted by atomic mass is 9.75. The molecule has 3 aliphatic heterocycles. The Morgan fingerprint density at radius 3 is 2.90 bits per heavy atom. The van der Waals surface area contributed by atoms with E-state index < -0.39 is 0 Å². The molecule has 1 amide bonds. The Balaban J connectivity index is 1.13. The van der Waals surface area contributed by atoms with Crippen LogP contribution < -0.4 is 10.1 Å². The highest BCUT2D eigenvalue weighted by atomic mass is 16.5. The molecule has 0 aliphatic carbocycles. The molecule has 8 heteroatoms. The lowest BCUT2D eigenvalue weighted by Gasteiger charge is -2.49. The van der Waals surface area contributed by atoms with Gasteiger partial charge in [-0.3, -0.25) is 14.4 Å². The van der Waals surface area contributed by atoms with Gasteiger partial charge < -0.3 is 14.5 Å². The van der Waals surface area contributed by atoms with E-state index in [1.54, 1.807) is 6.26 Å². The maximum atomic E-state index is 12.7. The predicted molar refractivity (Wildman–Crippen MR) is 113 cm³/mol. The van der Waals surface area contributed by atoms with Crippen molar-refractivity contribution in [1.82, 2.24) is 25.2 Å². The summed E-state index contributed by atoms with van der Waals surface area (Å²) in [6, 6.07) is 13.8. The molecule has 5 heterocycles. The minimum absolute atomic E-state index is 0.0468. The Kier molecular flexibility index (Phi) is 5.71. The molecule has 3 aliphatic rings. The highest BCUT2D eigenvalue weighted by Gasteiger charge is 2.43. The number of nitrogens with one attached hydrogen (secondary N) is 1. The fraction of sp³-hybridized carbons (Fsp3) is 0.435. The first-order chi connectivity index (χ1) is 15.2. The Hall–Kier alpha value is -3.13. The number of aromatic nitrogens is 3. The number of para-hydroxylation sites is 1. The number of piperidine rings is 3. The first kappa shape index (κ1) is 19.8. The van der Waals surface area contributed by atoms with Crippen molar-refractivity contribution in [3.8, 4) is 5.75 Å². The normalized spacial score (nSPS) is 24.8. The Morgan fingerprint density at radius 1 is 1.23 bits per heavy atom. The summed E-state index contributed by atoms with van der Waals surface area (Å²) in [5.41, 5.74) is 0.815. The van der Waals surface area contributed by atoms with E-state index >= 15 is 0 Å². The van der Waals surface area contributed by atoms with Crippen molar-refractivity contribution in [3.05, 3.63) is 66.4 Å². The number of carbonyl (C=O) groups is 1. The Bertz CT molecular complexity index is 988. The van der Waals surface area contributed by atoms with Crippen molar-refractivity contribution in [2.24, 2.45) is 11.8 Å². The Morgan fingerprint density at radius 2 is 2.13 bits per heavy atom. The molecule has 8 nitrogen and oxygen atoms in total. The summed E-state index contributed by atoms with van der Waals surface area (Å²) in [5, 5.41) is 11.6. The number of rotatable bonds is 8. The third kappa shape index (κ3) is 4.64. The van der Waals surface area contributed by atoms with Gasteiger partial charge in [0.25, 0.3) is 0 Å². The number of hydrogen-bond donors (Lipinski definition) is 1. The summed E-state index contributed by atoms with van der Waals surface area (Å²) >= 11 is 0. The van der Waals surface area contributed by atoms with Crippen LogP contribution in [0, 0.1) is 11.8 Å². The minimum atomic E-state index is 0.0468. The molecule has 3 fully saturated rings. The second kappa shape index (κ2) is 8.93. The zero-order valence-electron chi connectivity index (χ0n) is 17.4. The molecule has 2 aromatic heterocycles. The quantitative estimate of drug-likeness (QED) is 0.602. The molecule has 0 radical (unpaired) electrons. The molecule has 6 rings (SSSR count). The second-order valence-electron chi connectivity index (χ2n) is 8.37. The monoisotopic (exact) mass is 421 g/mol. The maximum Gasteiger partial charge on any atom is 0.225 e. The molecule has 0 saturated carbocycles. The van der Waals surface area contributed by atoms with Crippen LogP contribution in [-0.2, 0) is 24.5 Å². The molecule has 3 saturated heterocycles. The van der Waals surface area contributed by atoms with Crippen LogP contribution in [0.1, 0.15) is 24.3 Å². The fourth-order valence-electron chi connectivity index (χ4n) is 4.73. The van der Waals surface area contributed by atoms with Crippen molar-refractivity contribution < 1.29 is 13.9 Å². The minimum Gasteiger partial charge on any atom is -0.487 e. The largest absolute Gasteiger partial charge is 0.487 e. The van der Waals surface area contributed by atoms with Crippen LogP contribution in [0.2, 0.25) is 0 Å². The van der Waals surface area contributed by atoms with Crippen molar-refractivity contribution in [2.75, 3.05) is 13.1 Å². The van der Waals surface area contributed by atoms with E-state index in [1.807, 2.05) is 53.3 Å². The second-order valence-corrected chi connectivity index (χ2v) is 8.37. The van der Waals surface area contributed by atoms with E-state index in [-0.39, 0.29) is 11.8 Å². The van der Waals surface area contributed by atoms with Gasteiger partial charge in [-0.25, -0.2) is 0 Å². The number of ether oxygens (including phenoxy) is 1. The average molecular weight is 422 g/mol. The van der Waals surface area contributed by atoms with E-state index in [0.717, 1.165) is 49.7 Å². The van der Waals surface area contributed by atoms with Crippen LogP contribution in [0.25, 0.3) is 0 Å². The van der Waals surface area contributed by atoms with E-state index in [2.05, 4.69) is 20.5 Å². The molecule has 3 aromatic rings. The van der Waals surface area contributed by atoms with Gasteiger partial charge >= 0.3 is 0 Å². The molecule has 2 bridgehead atoms. The summed E-state index contributed by atoms with van der Waals surface area (Å²) < 4.78 is 13.0. The molecule has 1 aromatic carbocycles. The number of fused-ring (bicyclic) bond motifs is 3. The van der Waals surface area contributed by atoms with E-state index in [4.69, 9.17) is 9.15 Å². The first-order valence-electron chi connectivity index (χ1n) is 10.9. The number of nitrogens with zero attached hydrogens (tertiary/aromatic N) is 4. The predicted octanol–water partition coefficient (Wildman–Crippen LogP) is 2.48. The molecular weight excluding hydrogens is 394 g/mol. The highest BCUT2D eigenvalue weighted by molar-refractivity contribution is 5.79. The summed E-state index contributed by atoms with van der Waals surface area (Å²) in [5.74, 6) is 2.20. The van der Waals surface area contributed by atoms with E-state index in [0.29, 0.717) is 25.1 Å². The van der Waals surface area contributed by atoms with Crippen LogP contribution in [0.4, 0.5) is 0 Å². The summed E-state index contributed by atoms with van der Waals surface area (Å²) in [7, 11) is 0. The number of carbonyl (C=O) groups excluding carboxylic acids is 1. The standard InChI is InChI=1S/C23H27N5O3/c29-23(24-12-21-7-4-10-30-21)22-15-27-9-8-17(22)11-19(27)14-28-13-18(25-26-28)16-31-20-5-2-1-3-6-20/h1-7,10,13,17,19,22H,8-9,11-12,14-16H2,(H,24,29)/t17?,19-,22+/m1/s1. The molecule has 2 unspecified atom stereocenters. The SMILES string of the molecule is O=C(NCc1ccco1)[C@H]1CN2CCC1C[C@@H]2Cn1cc(COc2ccccc2)nn1. The topological polar surface area (TPSA) is 85.4 Å². The number of furan rings is 1. The van der Waals surface area contributed by atoms with E-state index in [9.17, 15) is 4.79 Å². The maximum absolute atomic E-state index is 12.7. The summed E-state index contributed by atoms with van der Waals surface area (Å²) in [4.78, 5) is 15.1. The van der Waals surface area contributed by atoms with Gasteiger partial charge in [0.2, 0.25) is 5.91 Å². The third-order valence-corrected chi connectivity index (χ3v) is 6.35. The summed E-state index contributed by atoms with van der Waals surface area (Å²) in [6.07, 6.45) is 5.67. The van der Waals surface area contributed by atoms with Crippen LogP contribution in [0.3, 0.4) is 0 Å². The molecule has 4 atom stereocenters. The van der Waals surface area contributed by atoms with Crippen LogP contribution >= 0.6 is 0 Å². The van der Waals surface area contributed by atoms with Gasteiger partial charge in [-0.2, -0.15) is 0 Å². The lowest BCUT2D eigenvalue weighted by molar-refractivity contribution is -0.133. The van der Waals surface area contributed by atoms with Crippen LogP contribution in [0.5, 0.6) is 5.75 Å². The van der Waals surface area contributed by atoms with Crippen molar-refractivity contribution in [2.45, 2.75) is 38.6 Å². The third-order valence-electron chi connectivity index (χ3n) is 6.35. The molecule has 1 N–H and O–H groups in total. The number of benzene rings is 1. The van der Waals surface area contributed by atoms with Crippen molar-refractivity contribution in [1.29, 1.82) is 0 Å². The lowest BCUT2D eigenvalue weighted by Crippen LogP contribution is -2.57. The van der Waals surface area contributed by atoms with Crippen LogP contribution in [0.15, 0.2) is 59.3 Å². The van der Waals surface area contributed by atoms with Crippen LogP contribution in [-0.4, -0.2) is 44.9 Å². The van der Waals surface area contributed by atoms with Crippen molar-refractivity contribution in [3.63, 3.8) is 0 Å². The van der Waals surface area contributed by atoms with Gasteiger partial charge in [-0.1, -0.05) is 23.4 Å². The van der Waals surface area contributed by atoms with Crippen molar-refractivity contribution >= 4 is 5.91 Å². The van der Waals surface area contributed by atoms with Gasteiger partial charge in [-0.15, -0.1) is 5.10 Å². The zero-order chi connectivity index (χ0) is 21.0. The van der Waals surface area contributed by atoms with Gasteiger partial charge in [0, 0.05) is 12.6 Å². The number of hydrogen-bond acceptors (Lipinski definition) is 6. The molecule has 0 spiro atoms. The van der Waals surface area contributed by atoms with Gasteiger partial charge in [-0.05, 0) is 49.6 Å².